The van der Waals surface area contributed by atoms with Gasteiger partial charge in [0.1, 0.15) is 10.5 Å². The van der Waals surface area contributed by atoms with Gasteiger partial charge in [0, 0.05) is 11.6 Å². The number of benzene rings is 2. The van der Waals surface area contributed by atoms with E-state index >= 15 is 0 Å². The quantitative estimate of drug-likeness (QED) is 0.533. The van der Waals surface area contributed by atoms with Gasteiger partial charge in [0.15, 0.2) is 5.13 Å². The topological polar surface area (TPSA) is 85.1 Å². The maximum absolute atomic E-state index is 12.2. The molecule has 0 saturated heterocycles. The van der Waals surface area contributed by atoms with Crippen LogP contribution in [-0.2, 0) is 0 Å². The van der Waals surface area contributed by atoms with Crippen LogP contribution in [-0.4, -0.2) is 15.8 Å². The van der Waals surface area contributed by atoms with Crippen molar-refractivity contribution >= 4 is 61.5 Å². The molecule has 1 amide bonds. The highest BCUT2D eigenvalue weighted by Gasteiger charge is 2.17. The standard InChI is InChI=1S/C14H7Cl2N3O3S/c15-8-5-4-7(6-10(8)19(21)22)13(20)18-14-17-12-9(16)2-1-3-11(12)23-14/h1-6H,(H,17,18,20). The molecule has 0 spiro atoms. The zero-order valence-corrected chi connectivity index (χ0v) is 13.6. The molecule has 1 heterocycles. The number of nitrogens with one attached hydrogen (secondary N) is 1. The Morgan fingerprint density at radius 2 is 2.00 bits per heavy atom. The Kier molecular flexibility index (Phi) is 4.16. The van der Waals surface area contributed by atoms with E-state index in [9.17, 15) is 14.9 Å². The summed E-state index contributed by atoms with van der Waals surface area (Å²) in [6.07, 6.45) is 0. The van der Waals surface area contributed by atoms with Crippen LogP contribution in [0.25, 0.3) is 10.2 Å². The van der Waals surface area contributed by atoms with Crippen molar-refractivity contribution in [2.75, 3.05) is 5.32 Å². The Morgan fingerprint density at radius 1 is 1.22 bits per heavy atom. The van der Waals surface area contributed by atoms with Crippen LogP contribution >= 0.6 is 34.5 Å². The van der Waals surface area contributed by atoms with Crippen molar-refractivity contribution in [1.82, 2.24) is 4.98 Å². The number of thiazole rings is 1. The van der Waals surface area contributed by atoms with Crippen molar-refractivity contribution in [2.24, 2.45) is 0 Å². The van der Waals surface area contributed by atoms with Crippen molar-refractivity contribution in [1.29, 1.82) is 0 Å². The molecule has 0 unspecified atom stereocenters. The molecule has 0 atom stereocenters. The summed E-state index contributed by atoms with van der Waals surface area (Å²) in [4.78, 5) is 26.7. The first-order chi connectivity index (χ1) is 11.0. The van der Waals surface area contributed by atoms with Gasteiger partial charge in [-0.3, -0.25) is 20.2 Å². The number of para-hydroxylation sites is 1. The number of amides is 1. The lowest BCUT2D eigenvalue weighted by Gasteiger charge is -2.02. The molecule has 0 aliphatic heterocycles. The maximum atomic E-state index is 12.2. The van der Waals surface area contributed by atoms with E-state index in [1.54, 1.807) is 12.1 Å². The zero-order chi connectivity index (χ0) is 16.6. The summed E-state index contributed by atoms with van der Waals surface area (Å²) in [7, 11) is 0. The summed E-state index contributed by atoms with van der Waals surface area (Å²) in [6.45, 7) is 0. The fraction of sp³-hybridized carbons (Fsp3) is 0. The van der Waals surface area contributed by atoms with E-state index in [0.29, 0.717) is 15.7 Å². The number of nitro benzene ring substituents is 1. The first kappa shape index (κ1) is 15.7. The Morgan fingerprint density at radius 3 is 2.70 bits per heavy atom. The molecule has 0 aliphatic carbocycles. The van der Waals surface area contributed by atoms with Crippen LogP contribution in [0.15, 0.2) is 36.4 Å². The molecule has 9 heteroatoms. The Balaban J connectivity index is 1.90. The maximum Gasteiger partial charge on any atom is 0.288 e. The van der Waals surface area contributed by atoms with Gasteiger partial charge in [-0.25, -0.2) is 4.98 Å². The summed E-state index contributed by atoms with van der Waals surface area (Å²) in [5, 5.41) is 14.3. The molecular weight excluding hydrogens is 361 g/mol. The second kappa shape index (κ2) is 6.11. The van der Waals surface area contributed by atoms with Crippen molar-refractivity contribution in [3.05, 3.63) is 62.1 Å². The highest BCUT2D eigenvalue weighted by molar-refractivity contribution is 7.22. The molecule has 2 aromatic carbocycles. The van der Waals surface area contributed by atoms with E-state index in [4.69, 9.17) is 23.2 Å². The van der Waals surface area contributed by atoms with Gasteiger partial charge in [-0.1, -0.05) is 40.6 Å². The van der Waals surface area contributed by atoms with Crippen LogP contribution < -0.4 is 5.32 Å². The number of halogens is 2. The van der Waals surface area contributed by atoms with E-state index in [1.165, 1.54) is 23.5 Å². The molecule has 6 nitrogen and oxygen atoms in total. The van der Waals surface area contributed by atoms with Crippen LogP contribution in [0.2, 0.25) is 10.0 Å². The van der Waals surface area contributed by atoms with E-state index in [-0.39, 0.29) is 16.3 Å². The lowest BCUT2D eigenvalue weighted by Crippen LogP contribution is -2.11. The third kappa shape index (κ3) is 3.12. The Bertz CT molecular complexity index is 942. The summed E-state index contributed by atoms with van der Waals surface area (Å²) in [5.41, 5.74) is 0.384. The minimum absolute atomic E-state index is 0.0293. The van der Waals surface area contributed by atoms with Gasteiger partial charge in [-0.05, 0) is 24.3 Å². The van der Waals surface area contributed by atoms with E-state index in [1.807, 2.05) is 6.07 Å². The molecule has 0 bridgehead atoms. The second-order valence-electron chi connectivity index (χ2n) is 4.48. The molecular formula is C14H7Cl2N3O3S. The lowest BCUT2D eigenvalue weighted by atomic mass is 10.2. The van der Waals surface area contributed by atoms with Crippen LogP contribution in [0.5, 0.6) is 0 Å². The highest BCUT2D eigenvalue weighted by atomic mass is 35.5. The molecule has 3 aromatic rings. The number of nitrogens with zero attached hydrogens (tertiary/aromatic N) is 2. The monoisotopic (exact) mass is 367 g/mol. The molecule has 1 N–H and O–H groups in total. The first-order valence-corrected chi connectivity index (χ1v) is 7.83. The van der Waals surface area contributed by atoms with Gasteiger partial charge >= 0.3 is 0 Å². The van der Waals surface area contributed by atoms with E-state index in [0.717, 1.165) is 10.8 Å². The molecule has 0 aliphatic rings. The number of rotatable bonds is 3. The predicted molar refractivity (Wildman–Crippen MR) is 90.7 cm³/mol. The van der Waals surface area contributed by atoms with Gasteiger partial charge < -0.3 is 0 Å². The number of hydrogen-bond donors (Lipinski definition) is 1. The smallest absolute Gasteiger partial charge is 0.288 e. The van der Waals surface area contributed by atoms with Gasteiger partial charge in [-0.2, -0.15) is 0 Å². The van der Waals surface area contributed by atoms with E-state index < -0.39 is 10.8 Å². The van der Waals surface area contributed by atoms with Crippen molar-refractivity contribution < 1.29 is 9.72 Å². The molecule has 3 rings (SSSR count). The minimum Gasteiger partial charge on any atom is -0.298 e. The highest BCUT2D eigenvalue weighted by Crippen LogP contribution is 2.31. The molecule has 0 radical (unpaired) electrons. The predicted octanol–water partition coefficient (Wildman–Crippen LogP) is 4.76. The SMILES string of the molecule is O=C(Nc1nc2c(Cl)cccc2s1)c1ccc(Cl)c([N+](=O)[O-])c1. The van der Waals surface area contributed by atoms with Gasteiger partial charge in [0.25, 0.3) is 11.6 Å². The normalized spacial score (nSPS) is 10.7. The summed E-state index contributed by atoms with van der Waals surface area (Å²) in [6, 6.07) is 9.17. The van der Waals surface area contributed by atoms with Crippen molar-refractivity contribution in [2.45, 2.75) is 0 Å². The number of nitro groups is 1. The van der Waals surface area contributed by atoms with Crippen molar-refractivity contribution in [3.8, 4) is 0 Å². The van der Waals surface area contributed by atoms with Crippen LogP contribution in [0.3, 0.4) is 0 Å². The molecule has 0 saturated carbocycles. The first-order valence-electron chi connectivity index (χ1n) is 6.26. The number of carbonyl (C=O) groups excluding carboxylic acids is 1. The molecule has 23 heavy (non-hydrogen) atoms. The zero-order valence-electron chi connectivity index (χ0n) is 11.2. The Labute approximate surface area is 143 Å². The number of aromatic nitrogens is 1. The van der Waals surface area contributed by atoms with Crippen molar-refractivity contribution in [3.63, 3.8) is 0 Å². The van der Waals surface area contributed by atoms with Crippen LogP contribution in [0.1, 0.15) is 10.4 Å². The minimum atomic E-state index is -0.642. The van der Waals surface area contributed by atoms with Gasteiger partial charge in [0.2, 0.25) is 0 Å². The average Bonchev–Trinajstić information content (AvgIpc) is 2.91. The third-order valence-electron chi connectivity index (χ3n) is 3.00. The number of anilines is 1. The van der Waals surface area contributed by atoms with Gasteiger partial charge in [-0.15, -0.1) is 0 Å². The van der Waals surface area contributed by atoms with E-state index in [2.05, 4.69) is 10.3 Å². The second-order valence-corrected chi connectivity index (χ2v) is 6.33. The van der Waals surface area contributed by atoms with Crippen LogP contribution in [0, 0.1) is 10.1 Å². The largest absolute Gasteiger partial charge is 0.298 e. The summed E-state index contributed by atoms with van der Waals surface area (Å²) < 4.78 is 0.829. The number of carbonyl (C=O) groups is 1. The third-order valence-corrected chi connectivity index (χ3v) is 4.56. The summed E-state index contributed by atoms with van der Waals surface area (Å²) in [5.74, 6) is -0.514. The molecule has 0 fully saturated rings. The fourth-order valence-corrected chi connectivity index (χ4v) is 3.28. The molecule has 1 aromatic heterocycles. The van der Waals surface area contributed by atoms with Gasteiger partial charge in [0.05, 0.1) is 14.6 Å². The average molecular weight is 368 g/mol. The fourth-order valence-electron chi connectivity index (χ4n) is 1.93. The number of hydrogen-bond acceptors (Lipinski definition) is 5. The Hall–Kier alpha value is -2.22. The van der Waals surface area contributed by atoms with Crippen LogP contribution in [0.4, 0.5) is 10.8 Å². The summed E-state index contributed by atoms with van der Waals surface area (Å²) >= 11 is 13.0. The number of fused-ring (bicyclic) bond motifs is 1. The lowest BCUT2D eigenvalue weighted by molar-refractivity contribution is -0.384. The molecule has 116 valence electrons.